The second-order valence-corrected chi connectivity index (χ2v) is 5.76. The van der Waals surface area contributed by atoms with E-state index in [1.165, 1.54) is 0 Å². The molecule has 0 spiro atoms. The Kier molecular flexibility index (Phi) is 4.24. The maximum Gasteiger partial charge on any atom is 0.242 e. The van der Waals surface area contributed by atoms with Crippen molar-refractivity contribution in [2.24, 2.45) is 0 Å². The van der Waals surface area contributed by atoms with Crippen LogP contribution >= 0.6 is 0 Å². The van der Waals surface area contributed by atoms with Gasteiger partial charge in [0.05, 0.1) is 5.54 Å². The summed E-state index contributed by atoms with van der Waals surface area (Å²) in [6, 6.07) is 2.01. The predicted molar refractivity (Wildman–Crippen MR) is 74.9 cm³/mol. The molecule has 1 saturated heterocycles. The number of likely N-dealkylation sites (N-methyl/N-ethyl adjacent to an activating group) is 1. The van der Waals surface area contributed by atoms with Crippen LogP contribution in [0.4, 0.5) is 0 Å². The third-order valence-corrected chi connectivity index (χ3v) is 3.82. The van der Waals surface area contributed by atoms with Gasteiger partial charge in [0.1, 0.15) is 0 Å². The van der Waals surface area contributed by atoms with Crippen molar-refractivity contribution in [2.45, 2.75) is 45.1 Å². The molecule has 19 heavy (non-hydrogen) atoms. The average Bonchev–Trinajstić information content (AvgIpc) is 2.92. The maximum atomic E-state index is 12.6. The van der Waals surface area contributed by atoms with E-state index in [0.717, 1.165) is 38.2 Å². The van der Waals surface area contributed by atoms with E-state index in [4.69, 9.17) is 0 Å². The second kappa shape index (κ2) is 5.74. The molecule has 0 aromatic carbocycles. The number of nitrogens with zero attached hydrogens (tertiary/aromatic N) is 2. The molecule has 0 saturated carbocycles. The molecular weight excluding hydrogens is 240 g/mol. The summed E-state index contributed by atoms with van der Waals surface area (Å²) >= 11 is 0. The summed E-state index contributed by atoms with van der Waals surface area (Å²) in [7, 11) is 0. The molecule has 1 amide bonds. The van der Waals surface area contributed by atoms with Gasteiger partial charge in [-0.05, 0) is 39.3 Å². The Labute approximate surface area is 114 Å². The summed E-state index contributed by atoms with van der Waals surface area (Å²) in [6.07, 6.45) is 3.95. The number of likely N-dealkylation sites (tertiary alicyclic amines) is 1. The Morgan fingerprint density at radius 3 is 3.05 bits per heavy atom. The monoisotopic (exact) mass is 264 g/mol. The molecule has 1 atom stereocenters. The molecular formula is C14H24N4O. The van der Waals surface area contributed by atoms with E-state index in [1.54, 1.807) is 6.20 Å². The van der Waals surface area contributed by atoms with E-state index in [-0.39, 0.29) is 5.91 Å². The summed E-state index contributed by atoms with van der Waals surface area (Å²) in [4.78, 5) is 14.5. The molecule has 1 fully saturated rings. The maximum absolute atomic E-state index is 12.6. The molecule has 2 N–H and O–H groups in total. The number of amides is 1. The largest absolute Gasteiger partial charge is 0.340 e. The van der Waals surface area contributed by atoms with Crippen molar-refractivity contribution < 1.29 is 4.79 Å². The number of carbonyl (C=O) groups excluding carboxylic acids is 1. The molecule has 1 aliphatic heterocycles. The Balaban J connectivity index is 2.03. The number of nitrogens with one attached hydrogen (secondary N) is 2. The van der Waals surface area contributed by atoms with Crippen LogP contribution in [0.3, 0.4) is 0 Å². The number of hydrogen-bond acceptors (Lipinski definition) is 3. The standard InChI is InChI=1S/C14H24N4O/c1-4-15-14(2,3)13(19)18-9-5-6-11(10-18)12-7-8-16-17-12/h7-8,11,15H,4-6,9-10H2,1-3H3,(H,16,17). The Morgan fingerprint density at radius 1 is 1.63 bits per heavy atom. The number of H-pyrrole nitrogens is 1. The molecule has 2 rings (SSSR count). The van der Waals surface area contributed by atoms with Crippen molar-refractivity contribution in [1.82, 2.24) is 20.4 Å². The molecule has 0 bridgehead atoms. The molecule has 1 unspecified atom stereocenters. The lowest BCUT2D eigenvalue weighted by molar-refractivity contribution is -0.138. The number of aromatic amines is 1. The first kappa shape index (κ1) is 14.1. The highest BCUT2D eigenvalue weighted by Gasteiger charge is 2.34. The van der Waals surface area contributed by atoms with Gasteiger partial charge < -0.3 is 10.2 Å². The van der Waals surface area contributed by atoms with E-state index < -0.39 is 5.54 Å². The average molecular weight is 264 g/mol. The first-order valence-electron chi connectivity index (χ1n) is 7.08. The lowest BCUT2D eigenvalue weighted by Crippen LogP contribution is -2.55. The van der Waals surface area contributed by atoms with Crippen LogP contribution in [0, 0.1) is 0 Å². The molecule has 5 nitrogen and oxygen atoms in total. The Bertz CT molecular complexity index is 413. The van der Waals surface area contributed by atoms with Crippen LogP contribution in [0.1, 0.15) is 45.2 Å². The molecule has 0 radical (unpaired) electrons. The van der Waals surface area contributed by atoms with Crippen LogP contribution in [-0.4, -0.2) is 46.2 Å². The van der Waals surface area contributed by atoms with E-state index >= 15 is 0 Å². The first-order chi connectivity index (χ1) is 9.04. The zero-order valence-corrected chi connectivity index (χ0v) is 12.1. The van der Waals surface area contributed by atoms with Crippen molar-refractivity contribution in [3.8, 4) is 0 Å². The lowest BCUT2D eigenvalue weighted by Gasteiger charge is -2.37. The highest BCUT2D eigenvalue weighted by molar-refractivity contribution is 5.85. The molecule has 1 aromatic heterocycles. The van der Waals surface area contributed by atoms with Gasteiger partial charge in [0.25, 0.3) is 0 Å². The SMILES string of the molecule is CCNC(C)(C)C(=O)N1CCCC(c2ccn[nH]2)C1. The van der Waals surface area contributed by atoms with Gasteiger partial charge >= 0.3 is 0 Å². The van der Waals surface area contributed by atoms with E-state index in [9.17, 15) is 4.79 Å². The van der Waals surface area contributed by atoms with Gasteiger partial charge in [0, 0.05) is 30.9 Å². The zero-order chi connectivity index (χ0) is 13.9. The van der Waals surface area contributed by atoms with Crippen LogP contribution in [-0.2, 0) is 4.79 Å². The van der Waals surface area contributed by atoms with Crippen LogP contribution in [0.5, 0.6) is 0 Å². The number of hydrogen-bond donors (Lipinski definition) is 2. The molecule has 5 heteroatoms. The first-order valence-corrected chi connectivity index (χ1v) is 7.08. The summed E-state index contributed by atoms with van der Waals surface area (Å²) in [6.45, 7) is 8.39. The molecule has 1 aliphatic rings. The summed E-state index contributed by atoms with van der Waals surface area (Å²) in [5.74, 6) is 0.580. The summed E-state index contributed by atoms with van der Waals surface area (Å²) in [5, 5.41) is 10.3. The number of piperidine rings is 1. The molecule has 2 heterocycles. The van der Waals surface area contributed by atoms with Crippen LogP contribution in [0.2, 0.25) is 0 Å². The molecule has 1 aromatic rings. The van der Waals surface area contributed by atoms with Gasteiger partial charge in [-0.2, -0.15) is 5.10 Å². The van der Waals surface area contributed by atoms with Gasteiger partial charge in [0.2, 0.25) is 5.91 Å². The summed E-state index contributed by atoms with van der Waals surface area (Å²) < 4.78 is 0. The van der Waals surface area contributed by atoms with Gasteiger partial charge in [-0.1, -0.05) is 6.92 Å². The van der Waals surface area contributed by atoms with Crippen molar-refractivity contribution in [3.63, 3.8) is 0 Å². The van der Waals surface area contributed by atoms with Crippen LogP contribution in [0.15, 0.2) is 12.3 Å². The van der Waals surface area contributed by atoms with E-state index in [0.29, 0.717) is 5.92 Å². The van der Waals surface area contributed by atoms with Crippen LogP contribution < -0.4 is 5.32 Å². The Hall–Kier alpha value is -1.36. The lowest BCUT2D eigenvalue weighted by atomic mass is 9.93. The summed E-state index contributed by atoms with van der Waals surface area (Å²) in [5.41, 5.74) is 0.656. The van der Waals surface area contributed by atoms with E-state index in [2.05, 4.69) is 15.5 Å². The van der Waals surface area contributed by atoms with Gasteiger partial charge in [-0.3, -0.25) is 9.89 Å². The third kappa shape index (κ3) is 3.15. The third-order valence-electron chi connectivity index (χ3n) is 3.82. The topological polar surface area (TPSA) is 61.0 Å². The van der Waals surface area contributed by atoms with Crippen LogP contribution in [0.25, 0.3) is 0 Å². The minimum absolute atomic E-state index is 0.193. The van der Waals surface area contributed by atoms with Gasteiger partial charge in [0.15, 0.2) is 0 Å². The van der Waals surface area contributed by atoms with Crippen molar-refractivity contribution in [3.05, 3.63) is 18.0 Å². The van der Waals surface area contributed by atoms with E-state index in [1.807, 2.05) is 31.7 Å². The highest BCUT2D eigenvalue weighted by Crippen LogP contribution is 2.26. The number of aromatic nitrogens is 2. The molecule has 0 aliphatic carbocycles. The Morgan fingerprint density at radius 2 is 2.42 bits per heavy atom. The fourth-order valence-electron chi connectivity index (χ4n) is 2.82. The fourth-order valence-corrected chi connectivity index (χ4v) is 2.82. The quantitative estimate of drug-likeness (QED) is 0.866. The number of carbonyl (C=O) groups is 1. The smallest absolute Gasteiger partial charge is 0.242 e. The number of rotatable bonds is 4. The van der Waals surface area contributed by atoms with Crippen molar-refractivity contribution in [2.75, 3.05) is 19.6 Å². The minimum atomic E-state index is -0.482. The second-order valence-electron chi connectivity index (χ2n) is 5.76. The normalized spacial score (nSPS) is 20.6. The molecule has 106 valence electrons. The van der Waals surface area contributed by atoms with Gasteiger partial charge in [-0.15, -0.1) is 0 Å². The van der Waals surface area contributed by atoms with Gasteiger partial charge in [-0.25, -0.2) is 0 Å². The minimum Gasteiger partial charge on any atom is -0.340 e. The predicted octanol–water partition coefficient (Wildman–Crippen LogP) is 1.50. The van der Waals surface area contributed by atoms with Crippen molar-refractivity contribution in [1.29, 1.82) is 0 Å². The fraction of sp³-hybridized carbons (Fsp3) is 0.714. The zero-order valence-electron chi connectivity index (χ0n) is 12.1. The highest BCUT2D eigenvalue weighted by atomic mass is 16.2. The van der Waals surface area contributed by atoms with Crippen molar-refractivity contribution >= 4 is 5.91 Å².